The molecule has 0 saturated carbocycles. The zero-order chi connectivity index (χ0) is 21.9. The molecule has 5 rings (SSSR count). The van der Waals surface area contributed by atoms with E-state index in [2.05, 4.69) is 15.5 Å². The van der Waals surface area contributed by atoms with Gasteiger partial charge in [0.25, 0.3) is 5.91 Å². The number of para-hydroxylation sites is 1. The molecule has 2 aromatic carbocycles. The molecular formula is C25H19N5OS. The third-order valence-electron chi connectivity index (χ3n) is 5.15. The van der Waals surface area contributed by atoms with Crippen LogP contribution in [0.2, 0.25) is 0 Å². The molecule has 0 fully saturated rings. The summed E-state index contributed by atoms with van der Waals surface area (Å²) in [5, 5.41) is 7.13. The molecule has 0 radical (unpaired) electrons. The Labute approximate surface area is 188 Å². The zero-order valence-electron chi connectivity index (χ0n) is 17.3. The average molecular weight is 438 g/mol. The van der Waals surface area contributed by atoms with Gasteiger partial charge in [0.1, 0.15) is 0 Å². The largest absolute Gasteiger partial charge is 0.306 e. The first-order chi connectivity index (χ1) is 15.7. The predicted molar refractivity (Wildman–Crippen MR) is 128 cm³/mol. The smallest absolute Gasteiger partial charge is 0.272 e. The lowest BCUT2D eigenvalue weighted by atomic mass is 10.1. The van der Waals surface area contributed by atoms with Gasteiger partial charge >= 0.3 is 0 Å². The van der Waals surface area contributed by atoms with E-state index in [4.69, 9.17) is 4.98 Å². The van der Waals surface area contributed by atoms with E-state index >= 15 is 0 Å². The fourth-order valence-electron chi connectivity index (χ4n) is 3.46. The van der Waals surface area contributed by atoms with E-state index < -0.39 is 0 Å². The van der Waals surface area contributed by atoms with Gasteiger partial charge in [-0.2, -0.15) is 5.10 Å². The minimum Gasteiger partial charge on any atom is -0.306 e. The van der Waals surface area contributed by atoms with Crippen LogP contribution >= 0.6 is 11.3 Å². The van der Waals surface area contributed by atoms with E-state index in [1.807, 2.05) is 89.8 Å². The normalized spacial score (nSPS) is 11.6. The van der Waals surface area contributed by atoms with Crippen LogP contribution < -0.4 is 5.43 Å². The molecule has 3 aromatic heterocycles. The number of carbonyl (C=O) groups excluding carboxylic acids is 1. The fourth-order valence-corrected chi connectivity index (χ4v) is 4.15. The van der Waals surface area contributed by atoms with Gasteiger partial charge in [-0.1, -0.05) is 36.4 Å². The van der Waals surface area contributed by atoms with Gasteiger partial charge in [-0.15, -0.1) is 11.3 Å². The van der Waals surface area contributed by atoms with Crippen molar-refractivity contribution >= 4 is 33.9 Å². The summed E-state index contributed by atoms with van der Waals surface area (Å²) in [7, 11) is 0. The maximum Gasteiger partial charge on any atom is 0.272 e. The molecule has 0 unspecified atom stereocenters. The Bertz CT molecular complexity index is 1410. The molecule has 156 valence electrons. The number of fused-ring (bicyclic) bond motifs is 1. The fraction of sp³-hybridized carbons (Fsp3) is 0.0400. The first kappa shape index (κ1) is 19.8. The standard InChI is InChI=1S/C25H19N5OS/c1-17(18-8-10-19(11-9-18)30-13-12-26-16-30)28-29-25(31)21-15-23(24-7-4-14-32-24)27-22-6-3-2-5-20(21)22/h2-16H,1H3,(H,29,31)/b28-17-. The van der Waals surface area contributed by atoms with Gasteiger partial charge in [-0.05, 0) is 48.2 Å². The number of benzene rings is 2. The van der Waals surface area contributed by atoms with Crippen molar-refractivity contribution in [1.29, 1.82) is 0 Å². The number of carbonyl (C=O) groups is 1. The third-order valence-corrected chi connectivity index (χ3v) is 6.04. The minimum atomic E-state index is -0.268. The summed E-state index contributed by atoms with van der Waals surface area (Å²) in [6.07, 6.45) is 5.38. The zero-order valence-corrected chi connectivity index (χ0v) is 18.1. The molecule has 1 N–H and O–H groups in total. The molecule has 0 atom stereocenters. The predicted octanol–water partition coefficient (Wildman–Crippen LogP) is 5.30. The van der Waals surface area contributed by atoms with Gasteiger partial charge in [-0.3, -0.25) is 4.79 Å². The van der Waals surface area contributed by atoms with Crippen LogP contribution in [0.3, 0.4) is 0 Å². The number of hydrogen-bond acceptors (Lipinski definition) is 5. The Hall–Kier alpha value is -4.10. The Kier molecular flexibility index (Phi) is 5.31. The summed E-state index contributed by atoms with van der Waals surface area (Å²) >= 11 is 1.59. The van der Waals surface area contributed by atoms with Gasteiger partial charge in [0.15, 0.2) is 0 Å². The lowest BCUT2D eigenvalue weighted by Crippen LogP contribution is -2.20. The van der Waals surface area contributed by atoms with E-state index in [9.17, 15) is 4.79 Å². The molecule has 5 aromatic rings. The number of hydrogen-bond donors (Lipinski definition) is 1. The molecule has 0 saturated heterocycles. The maximum absolute atomic E-state index is 13.1. The Morgan fingerprint density at radius 2 is 1.91 bits per heavy atom. The number of amides is 1. The van der Waals surface area contributed by atoms with Crippen molar-refractivity contribution < 1.29 is 4.79 Å². The molecule has 6 nitrogen and oxygen atoms in total. The van der Waals surface area contributed by atoms with Crippen LogP contribution in [0.5, 0.6) is 0 Å². The first-order valence-corrected chi connectivity index (χ1v) is 10.9. The summed E-state index contributed by atoms with van der Waals surface area (Å²) in [4.78, 5) is 22.9. The van der Waals surface area contributed by atoms with Gasteiger partial charge in [0.2, 0.25) is 0 Å². The highest BCUT2D eigenvalue weighted by Gasteiger charge is 2.14. The number of thiophene rings is 1. The highest BCUT2D eigenvalue weighted by Crippen LogP contribution is 2.27. The van der Waals surface area contributed by atoms with Crippen molar-refractivity contribution in [2.45, 2.75) is 6.92 Å². The van der Waals surface area contributed by atoms with Crippen LogP contribution in [-0.4, -0.2) is 26.2 Å². The Morgan fingerprint density at radius 3 is 2.66 bits per heavy atom. The molecule has 7 heteroatoms. The molecule has 0 aliphatic rings. The second-order valence-corrected chi connectivity index (χ2v) is 8.15. The Balaban J connectivity index is 1.41. The van der Waals surface area contributed by atoms with Crippen molar-refractivity contribution in [3.63, 3.8) is 0 Å². The van der Waals surface area contributed by atoms with Gasteiger partial charge in [-0.25, -0.2) is 15.4 Å². The molecule has 1 amide bonds. The van der Waals surface area contributed by atoms with E-state index in [-0.39, 0.29) is 5.91 Å². The van der Waals surface area contributed by atoms with Crippen LogP contribution in [0.25, 0.3) is 27.2 Å². The summed E-state index contributed by atoms with van der Waals surface area (Å²) in [5.41, 5.74) is 7.46. The van der Waals surface area contributed by atoms with Gasteiger partial charge < -0.3 is 4.57 Å². The molecular weight excluding hydrogens is 418 g/mol. The van der Waals surface area contributed by atoms with Crippen molar-refractivity contribution in [3.8, 4) is 16.3 Å². The summed E-state index contributed by atoms with van der Waals surface area (Å²) in [6.45, 7) is 1.87. The molecule has 0 aliphatic carbocycles. The highest BCUT2D eigenvalue weighted by atomic mass is 32.1. The second-order valence-electron chi connectivity index (χ2n) is 7.20. The number of imidazole rings is 1. The summed E-state index contributed by atoms with van der Waals surface area (Å²) < 4.78 is 1.93. The van der Waals surface area contributed by atoms with Crippen molar-refractivity contribution in [2.24, 2.45) is 5.10 Å². The lowest BCUT2D eigenvalue weighted by molar-refractivity contribution is 0.0956. The van der Waals surface area contributed by atoms with Crippen LogP contribution in [0, 0.1) is 0 Å². The van der Waals surface area contributed by atoms with Crippen LogP contribution in [0.15, 0.2) is 95.9 Å². The van der Waals surface area contributed by atoms with Gasteiger partial charge in [0, 0.05) is 23.5 Å². The Morgan fingerprint density at radius 1 is 1.06 bits per heavy atom. The quantitative estimate of drug-likeness (QED) is 0.299. The molecule has 0 bridgehead atoms. The molecule has 32 heavy (non-hydrogen) atoms. The van der Waals surface area contributed by atoms with E-state index in [0.717, 1.165) is 32.7 Å². The number of nitrogens with zero attached hydrogens (tertiary/aromatic N) is 4. The number of nitrogens with one attached hydrogen (secondary N) is 1. The minimum absolute atomic E-state index is 0.268. The van der Waals surface area contributed by atoms with E-state index in [1.54, 1.807) is 23.9 Å². The third kappa shape index (κ3) is 3.93. The molecule has 3 heterocycles. The number of hydrazone groups is 1. The monoisotopic (exact) mass is 437 g/mol. The van der Waals surface area contributed by atoms with Crippen LogP contribution in [0.1, 0.15) is 22.8 Å². The van der Waals surface area contributed by atoms with Gasteiger partial charge in [0.05, 0.1) is 33.7 Å². The van der Waals surface area contributed by atoms with Crippen LogP contribution in [0.4, 0.5) is 0 Å². The van der Waals surface area contributed by atoms with Crippen molar-refractivity contribution in [1.82, 2.24) is 20.0 Å². The van der Waals surface area contributed by atoms with Crippen molar-refractivity contribution in [2.75, 3.05) is 0 Å². The topological polar surface area (TPSA) is 72.2 Å². The molecule has 0 spiro atoms. The highest BCUT2D eigenvalue weighted by molar-refractivity contribution is 7.13. The summed E-state index contributed by atoms with van der Waals surface area (Å²) in [5.74, 6) is -0.268. The lowest BCUT2D eigenvalue weighted by Gasteiger charge is -2.09. The van der Waals surface area contributed by atoms with E-state index in [1.165, 1.54) is 0 Å². The van der Waals surface area contributed by atoms with Crippen molar-refractivity contribution in [3.05, 3.63) is 102 Å². The number of aromatic nitrogens is 3. The number of pyridine rings is 1. The second kappa shape index (κ2) is 8.56. The maximum atomic E-state index is 13.1. The SMILES string of the molecule is C/C(=N/NC(=O)c1cc(-c2cccs2)nc2ccccc12)c1ccc(-n2ccnc2)cc1. The summed E-state index contributed by atoms with van der Waals surface area (Å²) in [6, 6.07) is 21.4. The number of rotatable bonds is 5. The average Bonchev–Trinajstić information content (AvgIpc) is 3.56. The first-order valence-electron chi connectivity index (χ1n) is 10.1. The van der Waals surface area contributed by atoms with E-state index in [0.29, 0.717) is 11.3 Å². The van der Waals surface area contributed by atoms with Crippen LogP contribution in [-0.2, 0) is 0 Å². The molecule has 0 aliphatic heterocycles.